The van der Waals surface area contributed by atoms with Crippen molar-refractivity contribution in [3.8, 4) is 0 Å². The van der Waals surface area contributed by atoms with Gasteiger partial charge in [-0.15, -0.1) is 0 Å². The van der Waals surface area contributed by atoms with E-state index in [4.69, 9.17) is 5.73 Å². The Balaban J connectivity index is 2.05. The van der Waals surface area contributed by atoms with E-state index in [9.17, 15) is 4.79 Å². The highest BCUT2D eigenvalue weighted by molar-refractivity contribution is 9.10. The molecule has 0 atom stereocenters. The first-order valence-corrected chi connectivity index (χ1v) is 6.24. The summed E-state index contributed by atoms with van der Waals surface area (Å²) in [6.45, 7) is 0.779. The smallest absolute Gasteiger partial charge is 0.236 e. The van der Waals surface area contributed by atoms with Gasteiger partial charge in [-0.2, -0.15) is 0 Å². The molecule has 1 aromatic carbocycles. The van der Waals surface area contributed by atoms with Crippen molar-refractivity contribution in [2.24, 2.45) is 5.73 Å². The fourth-order valence-corrected chi connectivity index (χ4v) is 1.98. The zero-order valence-corrected chi connectivity index (χ0v) is 10.6. The largest absolute Gasteiger partial charge is 0.334 e. The molecular weight excluding hydrogens is 268 g/mol. The second-order valence-electron chi connectivity index (χ2n) is 4.08. The van der Waals surface area contributed by atoms with Crippen LogP contribution in [0.15, 0.2) is 28.7 Å². The minimum atomic E-state index is 0.0467. The number of nitrogens with zero attached hydrogens (tertiary/aromatic N) is 1. The van der Waals surface area contributed by atoms with Crippen molar-refractivity contribution in [1.82, 2.24) is 4.90 Å². The lowest BCUT2D eigenvalue weighted by Gasteiger charge is -2.21. The predicted molar refractivity (Wildman–Crippen MR) is 66.8 cm³/mol. The molecule has 0 unspecified atom stereocenters. The monoisotopic (exact) mass is 282 g/mol. The molecule has 1 amide bonds. The third-order valence-corrected chi connectivity index (χ3v) is 3.28. The Morgan fingerprint density at radius 1 is 1.38 bits per heavy atom. The zero-order valence-electron chi connectivity index (χ0n) is 9.03. The van der Waals surface area contributed by atoms with Crippen LogP contribution in [0.4, 0.5) is 0 Å². The molecule has 0 aliphatic heterocycles. The first-order chi connectivity index (χ1) is 7.70. The second-order valence-corrected chi connectivity index (χ2v) is 5.00. The van der Waals surface area contributed by atoms with Crippen LogP contribution < -0.4 is 5.73 Å². The maximum Gasteiger partial charge on any atom is 0.236 e. The standard InChI is InChI=1S/C12H15BrN2O/c13-10-3-1-9(2-4-10)8-15(11-5-6-11)12(16)7-14/h1-4,11H,5-8,14H2. The number of carbonyl (C=O) groups is 1. The van der Waals surface area contributed by atoms with Gasteiger partial charge in [-0.05, 0) is 30.5 Å². The third-order valence-electron chi connectivity index (χ3n) is 2.75. The summed E-state index contributed by atoms with van der Waals surface area (Å²) in [6.07, 6.45) is 2.23. The number of carbonyl (C=O) groups excluding carboxylic acids is 1. The van der Waals surface area contributed by atoms with E-state index in [0.717, 1.165) is 22.9 Å². The van der Waals surface area contributed by atoms with Crippen LogP contribution in [0.2, 0.25) is 0 Å². The molecule has 0 aromatic heterocycles. The van der Waals surface area contributed by atoms with E-state index in [2.05, 4.69) is 15.9 Å². The molecule has 86 valence electrons. The van der Waals surface area contributed by atoms with Crippen molar-refractivity contribution in [2.75, 3.05) is 6.54 Å². The molecule has 1 aliphatic carbocycles. The summed E-state index contributed by atoms with van der Waals surface area (Å²) in [5.74, 6) is 0.0467. The molecule has 2 rings (SSSR count). The summed E-state index contributed by atoms with van der Waals surface area (Å²) >= 11 is 3.40. The average molecular weight is 283 g/mol. The van der Waals surface area contributed by atoms with Gasteiger partial charge >= 0.3 is 0 Å². The fraction of sp³-hybridized carbons (Fsp3) is 0.417. The number of nitrogens with two attached hydrogens (primary N) is 1. The van der Waals surface area contributed by atoms with E-state index in [1.165, 1.54) is 0 Å². The molecule has 0 spiro atoms. The summed E-state index contributed by atoms with van der Waals surface area (Å²) in [5, 5.41) is 0. The van der Waals surface area contributed by atoms with Gasteiger partial charge in [0.2, 0.25) is 5.91 Å². The molecule has 1 fully saturated rings. The van der Waals surface area contributed by atoms with Crippen molar-refractivity contribution in [1.29, 1.82) is 0 Å². The minimum Gasteiger partial charge on any atom is -0.334 e. The maximum absolute atomic E-state index is 11.7. The van der Waals surface area contributed by atoms with Crippen LogP contribution in [0.25, 0.3) is 0 Å². The van der Waals surface area contributed by atoms with Gasteiger partial charge < -0.3 is 10.6 Å². The van der Waals surface area contributed by atoms with E-state index in [1.807, 2.05) is 29.2 Å². The van der Waals surface area contributed by atoms with E-state index in [-0.39, 0.29) is 12.5 Å². The Morgan fingerprint density at radius 3 is 2.50 bits per heavy atom. The summed E-state index contributed by atoms with van der Waals surface area (Å²) in [7, 11) is 0. The van der Waals surface area contributed by atoms with Crippen LogP contribution in [0.3, 0.4) is 0 Å². The first-order valence-electron chi connectivity index (χ1n) is 5.44. The number of hydrogen-bond donors (Lipinski definition) is 1. The molecule has 0 radical (unpaired) electrons. The van der Waals surface area contributed by atoms with Crippen LogP contribution in [-0.2, 0) is 11.3 Å². The van der Waals surface area contributed by atoms with Gasteiger partial charge in [0, 0.05) is 17.1 Å². The summed E-state index contributed by atoms with van der Waals surface area (Å²) < 4.78 is 1.05. The van der Waals surface area contributed by atoms with Crippen molar-refractivity contribution >= 4 is 21.8 Å². The lowest BCUT2D eigenvalue weighted by Crippen LogP contribution is -2.37. The van der Waals surface area contributed by atoms with Crippen molar-refractivity contribution in [3.63, 3.8) is 0 Å². The number of halogens is 1. The number of benzene rings is 1. The quantitative estimate of drug-likeness (QED) is 0.917. The molecule has 16 heavy (non-hydrogen) atoms. The van der Waals surface area contributed by atoms with E-state index in [1.54, 1.807) is 0 Å². The average Bonchev–Trinajstić information content (AvgIpc) is 3.11. The molecule has 0 saturated heterocycles. The topological polar surface area (TPSA) is 46.3 Å². The fourth-order valence-electron chi connectivity index (χ4n) is 1.71. The van der Waals surface area contributed by atoms with E-state index < -0.39 is 0 Å². The molecule has 2 N–H and O–H groups in total. The van der Waals surface area contributed by atoms with Gasteiger partial charge in [-0.1, -0.05) is 28.1 Å². The third kappa shape index (κ3) is 2.83. The van der Waals surface area contributed by atoms with Gasteiger partial charge in [-0.25, -0.2) is 0 Å². The van der Waals surface area contributed by atoms with E-state index >= 15 is 0 Å². The molecular formula is C12H15BrN2O. The van der Waals surface area contributed by atoms with Gasteiger partial charge in [0.1, 0.15) is 0 Å². The SMILES string of the molecule is NCC(=O)N(Cc1ccc(Br)cc1)C1CC1. The molecule has 1 aliphatic rings. The molecule has 1 saturated carbocycles. The molecule has 4 heteroatoms. The van der Waals surface area contributed by atoms with Crippen LogP contribution in [0, 0.1) is 0 Å². The van der Waals surface area contributed by atoms with Crippen molar-refractivity contribution in [2.45, 2.75) is 25.4 Å². The van der Waals surface area contributed by atoms with Crippen molar-refractivity contribution < 1.29 is 4.79 Å². The van der Waals surface area contributed by atoms with Gasteiger partial charge in [-0.3, -0.25) is 4.79 Å². The molecule has 0 bridgehead atoms. The minimum absolute atomic E-state index is 0.0467. The Hall–Kier alpha value is -0.870. The summed E-state index contributed by atoms with van der Waals surface area (Å²) in [5.41, 5.74) is 6.57. The molecule has 1 aromatic rings. The molecule has 3 nitrogen and oxygen atoms in total. The zero-order chi connectivity index (χ0) is 11.5. The predicted octanol–water partition coefficient (Wildman–Crippen LogP) is 1.90. The highest BCUT2D eigenvalue weighted by atomic mass is 79.9. The van der Waals surface area contributed by atoms with Gasteiger partial charge in [0.05, 0.1) is 6.54 Å². The Morgan fingerprint density at radius 2 is 2.00 bits per heavy atom. The Kier molecular flexibility index (Phi) is 3.61. The van der Waals surface area contributed by atoms with Crippen LogP contribution in [0.1, 0.15) is 18.4 Å². The lowest BCUT2D eigenvalue weighted by atomic mass is 10.2. The van der Waals surface area contributed by atoms with Gasteiger partial charge in [0.15, 0.2) is 0 Å². The maximum atomic E-state index is 11.7. The normalized spacial score (nSPS) is 14.9. The summed E-state index contributed by atoms with van der Waals surface area (Å²) in [4.78, 5) is 13.5. The number of amides is 1. The number of rotatable bonds is 4. The van der Waals surface area contributed by atoms with Crippen LogP contribution >= 0.6 is 15.9 Å². The van der Waals surface area contributed by atoms with Crippen LogP contribution in [0.5, 0.6) is 0 Å². The highest BCUT2D eigenvalue weighted by Crippen LogP contribution is 2.28. The Labute approximate surface area is 104 Å². The second kappa shape index (κ2) is 4.97. The van der Waals surface area contributed by atoms with E-state index in [0.29, 0.717) is 12.6 Å². The number of hydrogen-bond acceptors (Lipinski definition) is 2. The van der Waals surface area contributed by atoms with Crippen LogP contribution in [-0.4, -0.2) is 23.4 Å². The highest BCUT2D eigenvalue weighted by Gasteiger charge is 2.31. The Bertz CT molecular complexity index is 373. The molecule has 0 heterocycles. The van der Waals surface area contributed by atoms with Gasteiger partial charge in [0.25, 0.3) is 0 Å². The first kappa shape index (κ1) is 11.6. The lowest BCUT2D eigenvalue weighted by molar-refractivity contribution is -0.130. The van der Waals surface area contributed by atoms with Crippen molar-refractivity contribution in [3.05, 3.63) is 34.3 Å². The summed E-state index contributed by atoms with van der Waals surface area (Å²) in [6, 6.07) is 8.47.